The van der Waals surface area contributed by atoms with Crippen LogP contribution in [0.3, 0.4) is 0 Å². The number of methoxy groups -OCH3 is 1. The highest BCUT2D eigenvalue weighted by molar-refractivity contribution is 14.0. The van der Waals surface area contributed by atoms with Crippen LogP contribution in [0.25, 0.3) is 0 Å². The van der Waals surface area contributed by atoms with E-state index in [2.05, 4.69) is 4.99 Å². The van der Waals surface area contributed by atoms with Crippen molar-refractivity contribution in [3.05, 3.63) is 23.8 Å². The number of nitrogens with two attached hydrogens (primary N) is 1. The second-order valence-electron chi connectivity index (χ2n) is 8.02. The first kappa shape index (κ1) is 27.9. The molecule has 0 saturated carbocycles. The zero-order valence-corrected chi connectivity index (χ0v) is 20.9. The van der Waals surface area contributed by atoms with Gasteiger partial charge in [-0.2, -0.15) is 13.2 Å². The van der Waals surface area contributed by atoms with Gasteiger partial charge >= 0.3 is 12.3 Å². The van der Waals surface area contributed by atoms with Crippen LogP contribution in [0.4, 0.5) is 18.0 Å². The van der Waals surface area contributed by atoms with Crippen LogP contribution in [0.1, 0.15) is 26.3 Å². The van der Waals surface area contributed by atoms with Gasteiger partial charge in [0.25, 0.3) is 0 Å². The van der Waals surface area contributed by atoms with Gasteiger partial charge in [-0.15, -0.1) is 24.0 Å². The number of nitrogens with zero attached hydrogens (tertiary/aromatic N) is 3. The highest BCUT2D eigenvalue weighted by Gasteiger charge is 2.29. The van der Waals surface area contributed by atoms with Crippen molar-refractivity contribution < 1.29 is 32.2 Å². The van der Waals surface area contributed by atoms with Gasteiger partial charge < -0.3 is 29.7 Å². The molecule has 2 N–H and O–H groups in total. The molecular formula is C20H30F3IN4O4. The van der Waals surface area contributed by atoms with Crippen molar-refractivity contribution in [3.63, 3.8) is 0 Å². The molecule has 12 heteroatoms. The summed E-state index contributed by atoms with van der Waals surface area (Å²) in [6.07, 6.45) is -4.79. The van der Waals surface area contributed by atoms with Crippen molar-refractivity contribution in [2.45, 2.75) is 39.1 Å². The topological polar surface area (TPSA) is 89.6 Å². The maximum absolute atomic E-state index is 12.4. The first-order valence-electron chi connectivity index (χ1n) is 9.77. The number of rotatable bonds is 5. The van der Waals surface area contributed by atoms with Crippen LogP contribution in [0.15, 0.2) is 23.2 Å². The lowest BCUT2D eigenvalue weighted by Gasteiger charge is -2.36. The average molecular weight is 574 g/mol. The summed E-state index contributed by atoms with van der Waals surface area (Å²) in [5.74, 6) is 0.500. The van der Waals surface area contributed by atoms with Gasteiger partial charge in [0, 0.05) is 26.2 Å². The molecule has 1 saturated heterocycles. The van der Waals surface area contributed by atoms with Crippen LogP contribution in [-0.4, -0.2) is 73.5 Å². The summed E-state index contributed by atoms with van der Waals surface area (Å²) in [6, 6.07) is 4.57. The fourth-order valence-corrected chi connectivity index (χ4v) is 2.81. The number of carbonyl (C=O) groups excluding carboxylic acids is 1. The number of carbonyl (C=O) groups is 1. The van der Waals surface area contributed by atoms with Gasteiger partial charge in [0.05, 0.1) is 13.7 Å². The number of guanidine groups is 1. The summed E-state index contributed by atoms with van der Waals surface area (Å²) in [4.78, 5) is 20.0. The molecule has 1 aliphatic rings. The molecule has 0 unspecified atom stereocenters. The lowest BCUT2D eigenvalue weighted by Crippen LogP contribution is -2.53. The maximum atomic E-state index is 12.4. The molecule has 8 nitrogen and oxygen atoms in total. The minimum absolute atomic E-state index is 0. The number of hydrogen-bond acceptors (Lipinski definition) is 5. The summed E-state index contributed by atoms with van der Waals surface area (Å²) in [5.41, 5.74) is 6.22. The molecule has 32 heavy (non-hydrogen) atoms. The Balaban J connectivity index is 0.00000512. The van der Waals surface area contributed by atoms with Gasteiger partial charge in [-0.25, -0.2) is 9.79 Å². The fraction of sp³-hybridized carbons (Fsp3) is 0.600. The Kier molecular flexibility index (Phi) is 10.2. The third-order valence-corrected chi connectivity index (χ3v) is 4.30. The Morgan fingerprint density at radius 3 is 2.22 bits per heavy atom. The lowest BCUT2D eigenvalue weighted by atomic mass is 10.2. The summed E-state index contributed by atoms with van der Waals surface area (Å²) in [7, 11) is 1.35. The molecule has 0 atom stereocenters. The monoisotopic (exact) mass is 574 g/mol. The van der Waals surface area contributed by atoms with Crippen LogP contribution in [0.5, 0.6) is 11.5 Å². The van der Waals surface area contributed by atoms with Crippen LogP contribution >= 0.6 is 24.0 Å². The highest BCUT2D eigenvalue weighted by atomic mass is 127. The third kappa shape index (κ3) is 9.17. The van der Waals surface area contributed by atoms with Crippen LogP contribution < -0.4 is 15.2 Å². The van der Waals surface area contributed by atoms with Crippen molar-refractivity contribution in [1.82, 2.24) is 9.80 Å². The molecule has 0 aliphatic carbocycles. The molecule has 1 aromatic carbocycles. The van der Waals surface area contributed by atoms with Crippen LogP contribution in [-0.2, 0) is 11.3 Å². The Labute approximate surface area is 202 Å². The van der Waals surface area contributed by atoms with Crippen molar-refractivity contribution in [3.8, 4) is 11.5 Å². The van der Waals surface area contributed by atoms with Gasteiger partial charge in [-0.05, 0) is 38.5 Å². The van der Waals surface area contributed by atoms with Crippen molar-refractivity contribution in [2.75, 3.05) is 39.9 Å². The summed E-state index contributed by atoms with van der Waals surface area (Å²) >= 11 is 0. The zero-order valence-electron chi connectivity index (χ0n) is 18.6. The normalized spacial score (nSPS) is 15.2. The molecule has 1 aromatic rings. The molecule has 0 spiro atoms. The second kappa shape index (κ2) is 11.7. The number of aliphatic imine (C=N–C) groups is 1. The molecular weight excluding hydrogens is 544 g/mol. The van der Waals surface area contributed by atoms with E-state index in [4.69, 9.17) is 19.9 Å². The summed E-state index contributed by atoms with van der Waals surface area (Å²) < 4.78 is 52.3. The maximum Gasteiger partial charge on any atom is 0.422 e. The lowest BCUT2D eigenvalue weighted by molar-refractivity contribution is -0.153. The second-order valence-corrected chi connectivity index (χ2v) is 8.02. The SMILES string of the molecule is COc1cc(CN=C(N)N2CCN(C(=O)OC(C)(C)C)CC2)ccc1OCC(F)(F)F.I. The van der Waals surface area contributed by atoms with Crippen molar-refractivity contribution >= 4 is 36.0 Å². The first-order valence-corrected chi connectivity index (χ1v) is 9.77. The molecule has 182 valence electrons. The molecule has 0 aromatic heterocycles. The number of halogens is 4. The molecule has 1 heterocycles. The van der Waals surface area contributed by atoms with Crippen LogP contribution in [0.2, 0.25) is 0 Å². The Bertz CT molecular complexity index is 792. The van der Waals surface area contributed by atoms with Crippen LogP contribution in [0, 0.1) is 0 Å². The molecule has 0 bridgehead atoms. The first-order chi connectivity index (χ1) is 14.4. The van der Waals surface area contributed by atoms with Gasteiger partial charge in [-0.1, -0.05) is 6.07 Å². The van der Waals surface area contributed by atoms with E-state index in [0.29, 0.717) is 37.7 Å². The van der Waals surface area contributed by atoms with E-state index in [9.17, 15) is 18.0 Å². The van der Waals surface area contributed by atoms with E-state index in [-0.39, 0.29) is 48.1 Å². The van der Waals surface area contributed by atoms with E-state index >= 15 is 0 Å². The minimum Gasteiger partial charge on any atom is -0.493 e. The predicted molar refractivity (Wildman–Crippen MR) is 125 cm³/mol. The number of amides is 1. The number of benzene rings is 1. The number of hydrogen-bond donors (Lipinski definition) is 1. The third-order valence-electron chi connectivity index (χ3n) is 4.30. The van der Waals surface area contributed by atoms with Gasteiger partial charge in [0.15, 0.2) is 24.1 Å². The minimum atomic E-state index is -4.43. The average Bonchev–Trinajstić information content (AvgIpc) is 2.69. The van der Waals surface area contributed by atoms with E-state index < -0.39 is 18.4 Å². The number of piperazine rings is 1. The van der Waals surface area contributed by atoms with Crippen molar-refractivity contribution in [1.29, 1.82) is 0 Å². The Hall–Kier alpha value is -2.12. The highest BCUT2D eigenvalue weighted by Crippen LogP contribution is 2.30. The van der Waals surface area contributed by atoms with Gasteiger partial charge in [-0.3, -0.25) is 0 Å². The quantitative estimate of drug-likeness (QED) is 0.329. The number of ether oxygens (including phenoxy) is 3. The van der Waals surface area contributed by atoms with Gasteiger partial charge in [0.2, 0.25) is 0 Å². The van der Waals surface area contributed by atoms with Gasteiger partial charge in [0.1, 0.15) is 5.60 Å². The van der Waals surface area contributed by atoms with E-state index in [1.54, 1.807) is 17.0 Å². The fourth-order valence-electron chi connectivity index (χ4n) is 2.81. The Morgan fingerprint density at radius 2 is 1.69 bits per heavy atom. The smallest absolute Gasteiger partial charge is 0.422 e. The summed E-state index contributed by atoms with van der Waals surface area (Å²) in [6.45, 7) is 6.22. The molecule has 2 rings (SSSR count). The van der Waals surface area contributed by atoms with E-state index in [1.165, 1.54) is 13.2 Å². The van der Waals surface area contributed by atoms with Crippen molar-refractivity contribution in [2.24, 2.45) is 10.7 Å². The zero-order chi connectivity index (χ0) is 23.2. The molecule has 0 radical (unpaired) electrons. The predicted octanol–water partition coefficient (Wildman–Crippen LogP) is 3.62. The Morgan fingerprint density at radius 1 is 1.09 bits per heavy atom. The molecule has 1 aliphatic heterocycles. The number of alkyl halides is 3. The molecule has 1 fully saturated rings. The standard InChI is InChI=1S/C20H29F3N4O4.HI/c1-19(2,3)31-18(28)27-9-7-26(8-10-27)17(24)25-12-14-5-6-15(16(11-14)29-4)30-13-20(21,22)23;/h5-6,11H,7-10,12-13H2,1-4H3,(H2,24,25);1H. The van der Waals surface area contributed by atoms with E-state index in [0.717, 1.165) is 0 Å². The molecule has 1 amide bonds. The largest absolute Gasteiger partial charge is 0.493 e. The van der Waals surface area contributed by atoms with E-state index in [1.807, 2.05) is 25.7 Å². The summed E-state index contributed by atoms with van der Waals surface area (Å²) in [5, 5.41) is 0.